The van der Waals surface area contributed by atoms with Crippen LogP contribution in [-0.2, 0) is 0 Å². The maximum absolute atomic E-state index is 8.73. The molecule has 0 fully saturated rings. The van der Waals surface area contributed by atoms with Gasteiger partial charge in [-0.05, 0) is 31.9 Å². The van der Waals surface area contributed by atoms with Gasteiger partial charge < -0.3 is 21.0 Å². The minimum atomic E-state index is -0.296. The fourth-order valence-electron chi connectivity index (χ4n) is 1.91. The number of oxime groups is 1. The van der Waals surface area contributed by atoms with Gasteiger partial charge in [0.15, 0.2) is 0 Å². The average molecular weight is 279 g/mol. The quantitative estimate of drug-likeness (QED) is 0.225. The Morgan fingerprint density at radius 2 is 2.10 bits per heavy atom. The average Bonchev–Trinajstić information content (AvgIpc) is 2.44. The van der Waals surface area contributed by atoms with Gasteiger partial charge in [-0.1, -0.05) is 31.1 Å². The number of hydrogen-bond donors (Lipinski definition) is 3. The Morgan fingerprint density at radius 1 is 1.40 bits per heavy atom. The lowest BCUT2D eigenvalue weighted by Crippen LogP contribution is -2.32. The van der Waals surface area contributed by atoms with Crippen molar-refractivity contribution in [3.63, 3.8) is 0 Å². The van der Waals surface area contributed by atoms with Gasteiger partial charge >= 0.3 is 0 Å². The number of para-hydroxylation sites is 2. The van der Waals surface area contributed by atoms with Crippen molar-refractivity contribution in [1.82, 2.24) is 0 Å². The Labute approximate surface area is 120 Å². The van der Waals surface area contributed by atoms with E-state index in [9.17, 15) is 0 Å². The second kappa shape index (κ2) is 7.62. The molecule has 1 aromatic rings. The fourth-order valence-corrected chi connectivity index (χ4v) is 1.91. The van der Waals surface area contributed by atoms with Crippen LogP contribution in [0.1, 0.15) is 33.6 Å². The van der Waals surface area contributed by atoms with Crippen LogP contribution in [0.4, 0.5) is 5.69 Å². The van der Waals surface area contributed by atoms with E-state index in [-0.39, 0.29) is 11.3 Å². The monoisotopic (exact) mass is 279 g/mol. The van der Waals surface area contributed by atoms with Gasteiger partial charge in [0.05, 0.1) is 12.3 Å². The van der Waals surface area contributed by atoms with Crippen LogP contribution in [0, 0.1) is 5.41 Å². The molecule has 5 nitrogen and oxygen atoms in total. The van der Waals surface area contributed by atoms with Gasteiger partial charge in [-0.15, -0.1) is 0 Å². The molecule has 0 aliphatic heterocycles. The second-order valence-corrected chi connectivity index (χ2v) is 5.33. The molecule has 0 heterocycles. The predicted octanol–water partition coefficient (Wildman–Crippen LogP) is 3.05. The Kier molecular flexibility index (Phi) is 6.15. The van der Waals surface area contributed by atoms with E-state index in [0.717, 1.165) is 30.8 Å². The molecular formula is C15H25N3O2. The third kappa shape index (κ3) is 4.64. The highest BCUT2D eigenvalue weighted by Gasteiger charge is 2.22. The molecule has 20 heavy (non-hydrogen) atoms. The summed E-state index contributed by atoms with van der Waals surface area (Å²) in [5, 5.41) is 15.2. The van der Waals surface area contributed by atoms with Crippen LogP contribution in [0.3, 0.4) is 0 Å². The first-order valence-electron chi connectivity index (χ1n) is 6.95. The molecule has 0 spiro atoms. The number of benzene rings is 1. The van der Waals surface area contributed by atoms with Crippen LogP contribution < -0.4 is 15.8 Å². The molecule has 0 aliphatic carbocycles. The van der Waals surface area contributed by atoms with Crippen LogP contribution in [0.2, 0.25) is 0 Å². The van der Waals surface area contributed by atoms with E-state index in [4.69, 9.17) is 15.7 Å². The Balaban J connectivity index is 2.45. The number of nitrogens with two attached hydrogens (primary N) is 1. The molecule has 0 radical (unpaired) electrons. The van der Waals surface area contributed by atoms with Gasteiger partial charge in [0, 0.05) is 12.0 Å². The van der Waals surface area contributed by atoms with Crippen molar-refractivity contribution in [2.45, 2.75) is 33.6 Å². The number of nitrogens with one attached hydrogen (secondary N) is 1. The van der Waals surface area contributed by atoms with Crippen molar-refractivity contribution in [1.29, 1.82) is 0 Å². The van der Waals surface area contributed by atoms with E-state index in [1.807, 2.05) is 45.0 Å². The van der Waals surface area contributed by atoms with Crippen LogP contribution in [0.15, 0.2) is 29.4 Å². The standard InChI is InChI=1S/C15H25N3O2/c1-4-20-13-9-6-5-8-12(13)17-11-7-10-15(2,3)14(16)18-19/h5-6,8-9,17,19H,4,7,10-11H2,1-3H3,(H2,16,18). The zero-order chi connectivity index (χ0) is 15.0. The zero-order valence-electron chi connectivity index (χ0n) is 12.5. The Bertz CT molecular complexity index is 444. The van der Waals surface area contributed by atoms with Crippen molar-refractivity contribution in [3.8, 4) is 5.75 Å². The molecule has 5 heteroatoms. The molecule has 0 saturated carbocycles. The predicted molar refractivity (Wildman–Crippen MR) is 82.5 cm³/mol. The van der Waals surface area contributed by atoms with Crippen LogP contribution in [-0.4, -0.2) is 24.2 Å². The van der Waals surface area contributed by atoms with Gasteiger partial charge in [0.25, 0.3) is 0 Å². The van der Waals surface area contributed by atoms with E-state index < -0.39 is 0 Å². The lowest BCUT2D eigenvalue weighted by molar-refractivity contribution is 0.305. The van der Waals surface area contributed by atoms with Crippen LogP contribution in [0.25, 0.3) is 0 Å². The molecule has 112 valence electrons. The normalized spacial score (nSPS) is 12.2. The zero-order valence-corrected chi connectivity index (χ0v) is 12.5. The minimum Gasteiger partial charge on any atom is -0.492 e. The number of amidine groups is 1. The first-order chi connectivity index (χ1) is 9.51. The molecule has 1 aromatic carbocycles. The largest absolute Gasteiger partial charge is 0.492 e. The highest BCUT2D eigenvalue weighted by atomic mass is 16.5. The fraction of sp³-hybridized carbons (Fsp3) is 0.533. The smallest absolute Gasteiger partial charge is 0.144 e. The minimum absolute atomic E-state index is 0.271. The lowest BCUT2D eigenvalue weighted by Gasteiger charge is -2.22. The summed E-state index contributed by atoms with van der Waals surface area (Å²) in [6.07, 6.45) is 1.76. The van der Waals surface area contributed by atoms with E-state index in [0.29, 0.717) is 6.61 Å². The number of hydrogen-bond acceptors (Lipinski definition) is 4. The van der Waals surface area contributed by atoms with Crippen LogP contribution in [0.5, 0.6) is 5.75 Å². The summed E-state index contributed by atoms with van der Waals surface area (Å²) in [5.41, 5.74) is 6.37. The lowest BCUT2D eigenvalue weighted by atomic mass is 9.86. The summed E-state index contributed by atoms with van der Waals surface area (Å²) >= 11 is 0. The SMILES string of the molecule is CCOc1ccccc1NCCCC(C)(C)C(N)=NO. The third-order valence-corrected chi connectivity index (χ3v) is 3.28. The van der Waals surface area contributed by atoms with Crippen molar-refractivity contribution < 1.29 is 9.94 Å². The van der Waals surface area contributed by atoms with Gasteiger partial charge in [0.2, 0.25) is 0 Å². The third-order valence-electron chi connectivity index (χ3n) is 3.28. The molecule has 0 unspecified atom stereocenters. The molecular weight excluding hydrogens is 254 g/mol. The van der Waals surface area contributed by atoms with Crippen molar-refractivity contribution >= 4 is 11.5 Å². The molecule has 0 aromatic heterocycles. The number of anilines is 1. The molecule has 0 amide bonds. The van der Waals surface area contributed by atoms with E-state index in [1.54, 1.807) is 0 Å². The van der Waals surface area contributed by atoms with Crippen molar-refractivity contribution in [2.24, 2.45) is 16.3 Å². The topological polar surface area (TPSA) is 79.9 Å². The second-order valence-electron chi connectivity index (χ2n) is 5.33. The van der Waals surface area contributed by atoms with Crippen LogP contribution >= 0.6 is 0 Å². The van der Waals surface area contributed by atoms with E-state index >= 15 is 0 Å². The Hall–Kier alpha value is -1.91. The highest BCUT2D eigenvalue weighted by Crippen LogP contribution is 2.25. The molecule has 0 aliphatic rings. The summed E-state index contributed by atoms with van der Waals surface area (Å²) < 4.78 is 5.56. The first kappa shape index (κ1) is 16.1. The maximum atomic E-state index is 8.73. The molecule has 0 bridgehead atoms. The van der Waals surface area contributed by atoms with Crippen molar-refractivity contribution in [2.75, 3.05) is 18.5 Å². The maximum Gasteiger partial charge on any atom is 0.144 e. The molecule has 0 saturated heterocycles. The Morgan fingerprint density at radius 3 is 2.75 bits per heavy atom. The molecule has 4 N–H and O–H groups in total. The number of rotatable bonds is 8. The summed E-state index contributed by atoms with van der Waals surface area (Å²) in [7, 11) is 0. The van der Waals surface area contributed by atoms with Gasteiger partial charge in [-0.2, -0.15) is 0 Å². The highest BCUT2D eigenvalue weighted by molar-refractivity contribution is 5.85. The number of nitrogens with zero attached hydrogens (tertiary/aromatic N) is 1. The van der Waals surface area contributed by atoms with Gasteiger partial charge in [-0.25, -0.2) is 0 Å². The van der Waals surface area contributed by atoms with E-state index in [1.165, 1.54) is 0 Å². The van der Waals surface area contributed by atoms with Gasteiger partial charge in [0.1, 0.15) is 11.6 Å². The first-order valence-corrected chi connectivity index (χ1v) is 6.95. The summed E-state index contributed by atoms with van der Waals surface area (Å²) in [5.74, 6) is 1.14. The van der Waals surface area contributed by atoms with Crippen molar-refractivity contribution in [3.05, 3.63) is 24.3 Å². The van der Waals surface area contributed by atoms with E-state index in [2.05, 4.69) is 10.5 Å². The number of ether oxygens (including phenoxy) is 1. The molecule has 1 rings (SSSR count). The summed E-state index contributed by atoms with van der Waals surface area (Å²) in [6, 6.07) is 7.88. The summed E-state index contributed by atoms with van der Waals surface area (Å²) in [6.45, 7) is 7.37. The summed E-state index contributed by atoms with van der Waals surface area (Å²) in [4.78, 5) is 0. The molecule has 0 atom stereocenters. The van der Waals surface area contributed by atoms with Gasteiger partial charge in [-0.3, -0.25) is 0 Å².